The number of benzene rings is 1. The summed E-state index contributed by atoms with van der Waals surface area (Å²) in [7, 11) is 0. The first-order valence-electron chi connectivity index (χ1n) is 7.11. The Hall–Kier alpha value is -1.88. The lowest BCUT2D eigenvalue weighted by Gasteiger charge is -2.13. The molecule has 0 amide bonds. The van der Waals surface area contributed by atoms with Crippen molar-refractivity contribution in [2.45, 2.75) is 51.7 Å². The smallest absolute Gasteiger partial charge is 0.332 e. The molecule has 0 heterocycles. The third-order valence-electron chi connectivity index (χ3n) is 3.20. The van der Waals surface area contributed by atoms with Crippen molar-refractivity contribution >= 4 is 11.9 Å². The standard InChI is InChI=1S/C16H22O5/c1-12-7-9-13(10-8-12)11-21-14(16(19)20)5-3-2-4-6-15(17)18/h7-10,14H,2-6,11H2,1H3,(H,17,18)(H,19,20). The molecule has 1 unspecified atom stereocenters. The molecule has 2 N–H and O–H groups in total. The van der Waals surface area contributed by atoms with Crippen LogP contribution >= 0.6 is 0 Å². The topological polar surface area (TPSA) is 83.8 Å². The number of rotatable bonds is 10. The fraction of sp³-hybridized carbons (Fsp3) is 0.500. The summed E-state index contributed by atoms with van der Waals surface area (Å²) >= 11 is 0. The molecule has 0 fully saturated rings. The van der Waals surface area contributed by atoms with Crippen LogP contribution in [0.1, 0.15) is 43.2 Å². The lowest BCUT2D eigenvalue weighted by atomic mass is 10.1. The summed E-state index contributed by atoms with van der Waals surface area (Å²) in [4.78, 5) is 21.5. The first-order chi connectivity index (χ1) is 9.99. The highest BCUT2D eigenvalue weighted by Crippen LogP contribution is 2.12. The molecule has 116 valence electrons. The predicted molar refractivity (Wildman–Crippen MR) is 78.1 cm³/mol. The number of hydrogen-bond donors (Lipinski definition) is 2. The van der Waals surface area contributed by atoms with Gasteiger partial charge in [-0.25, -0.2) is 4.79 Å². The molecule has 1 aromatic rings. The van der Waals surface area contributed by atoms with Gasteiger partial charge in [0.05, 0.1) is 6.61 Å². The highest BCUT2D eigenvalue weighted by Gasteiger charge is 2.17. The summed E-state index contributed by atoms with van der Waals surface area (Å²) < 4.78 is 5.44. The van der Waals surface area contributed by atoms with Crippen LogP contribution in [0.5, 0.6) is 0 Å². The summed E-state index contributed by atoms with van der Waals surface area (Å²) in [6, 6.07) is 7.75. The molecule has 0 aromatic heterocycles. The third-order valence-corrected chi connectivity index (χ3v) is 3.20. The molecule has 0 aliphatic heterocycles. The molecule has 0 bridgehead atoms. The average Bonchev–Trinajstić information content (AvgIpc) is 2.43. The molecule has 0 radical (unpaired) electrons. The van der Waals surface area contributed by atoms with E-state index in [4.69, 9.17) is 14.9 Å². The van der Waals surface area contributed by atoms with E-state index in [-0.39, 0.29) is 13.0 Å². The molecular weight excluding hydrogens is 272 g/mol. The Labute approximate surface area is 124 Å². The Kier molecular flexibility index (Phi) is 7.46. The van der Waals surface area contributed by atoms with Crippen LogP contribution in [0.2, 0.25) is 0 Å². The number of carboxylic acids is 2. The molecule has 1 aromatic carbocycles. The molecular formula is C16H22O5. The third kappa shape index (κ3) is 7.46. The van der Waals surface area contributed by atoms with Gasteiger partial charge in [-0.15, -0.1) is 0 Å². The Morgan fingerprint density at radius 2 is 1.76 bits per heavy atom. The lowest BCUT2D eigenvalue weighted by molar-refractivity contribution is -0.151. The van der Waals surface area contributed by atoms with E-state index in [2.05, 4.69) is 0 Å². The van der Waals surface area contributed by atoms with Crippen molar-refractivity contribution in [2.24, 2.45) is 0 Å². The zero-order valence-corrected chi connectivity index (χ0v) is 12.2. The van der Waals surface area contributed by atoms with Gasteiger partial charge in [0.2, 0.25) is 0 Å². The highest BCUT2D eigenvalue weighted by molar-refractivity contribution is 5.72. The first kappa shape index (κ1) is 17.2. The van der Waals surface area contributed by atoms with Crippen LogP contribution in [0, 0.1) is 6.92 Å². The second-order valence-corrected chi connectivity index (χ2v) is 5.12. The van der Waals surface area contributed by atoms with E-state index in [0.717, 1.165) is 11.1 Å². The maximum absolute atomic E-state index is 11.1. The van der Waals surface area contributed by atoms with E-state index in [1.54, 1.807) is 0 Å². The molecule has 0 aliphatic carbocycles. The lowest BCUT2D eigenvalue weighted by Crippen LogP contribution is -2.23. The Balaban J connectivity index is 2.31. The number of hydrogen-bond acceptors (Lipinski definition) is 3. The quantitative estimate of drug-likeness (QED) is 0.648. The summed E-state index contributed by atoms with van der Waals surface area (Å²) in [5.41, 5.74) is 2.09. The van der Waals surface area contributed by atoms with E-state index >= 15 is 0 Å². The molecule has 21 heavy (non-hydrogen) atoms. The van der Waals surface area contributed by atoms with Crippen molar-refractivity contribution in [3.05, 3.63) is 35.4 Å². The molecule has 5 nitrogen and oxygen atoms in total. The van der Waals surface area contributed by atoms with E-state index in [9.17, 15) is 9.59 Å². The largest absolute Gasteiger partial charge is 0.481 e. The van der Waals surface area contributed by atoms with Crippen LogP contribution in [0.3, 0.4) is 0 Å². The van der Waals surface area contributed by atoms with Crippen molar-refractivity contribution < 1.29 is 24.5 Å². The van der Waals surface area contributed by atoms with Crippen LogP contribution in [0.25, 0.3) is 0 Å². The van der Waals surface area contributed by atoms with Crippen LogP contribution in [-0.4, -0.2) is 28.3 Å². The molecule has 0 spiro atoms. The number of aryl methyl sites for hydroxylation is 1. The highest BCUT2D eigenvalue weighted by atomic mass is 16.5. The monoisotopic (exact) mass is 294 g/mol. The van der Waals surface area contributed by atoms with Crippen LogP contribution in [0.4, 0.5) is 0 Å². The van der Waals surface area contributed by atoms with Crippen molar-refractivity contribution in [1.82, 2.24) is 0 Å². The fourth-order valence-corrected chi connectivity index (χ4v) is 1.94. The SMILES string of the molecule is Cc1ccc(COC(CCCCCC(=O)O)C(=O)O)cc1. The minimum Gasteiger partial charge on any atom is -0.481 e. The van der Waals surface area contributed by atoms with Gasteiger partial charge in [0.1, 0.15) is 0 Å². The zero-order chi connectivity index (χ0) is 15.7. The van der Waals surface area contributed by atoms with Crippen molar-refractivity contribution in [2.75, 3.05) is 0 Å². The maximum atomic E-state index is 11.1. The molecule has 0 saturated carbocycles. The van der Waals surface area contributed by atoms with Crippen LogP contribution < -0.4 is 0 Å². The Morgan fingerprint density at radius 3 is 2.33 bits per heavy atom. The summed E-state index contributed by atoms with van der Waals surface area (Å²) in [5.74, 6) is -1.79. The van der Waals surface area contributed by atoms with Gasteiger partial charge in [0, 0.05) is 6.42 Å². The van der Waals surface area contributed by atoms with Gasteiger partial charge in [-0.2, -0.15) is 0 Å². The Morgan fingerprint density at radius 1 is 1.10 bits per heavy atom. The second-order valence-electron chi connectivity index (χ2n) is 5.12. The van der Waals surface area contributed by atoms with Gasteiger partial charge in [0.15, 0.2) is 6.10 Å². The number of unbranched alkanes of at least 4 members (excludes halogenated alkanes) is 2. The van der Waals surface area contributed by atoms with E-state index in [1.807, 2.05) is 31.2 Å². The predicted octanol–water partition coefficient (Wildman–Crippen LogP) is 3.00. The first-order valence-corrected chi connectivity index (χ1v) is 7.11. The molecule has 0 saturated heterocycles. The molecule has 1 atom stereocenters. The normalized spacial score (nSPS) is 12.0. The number of ether oxygens (including phenoxy) is 1. The molecule has 5 heteroatoms. The average molecular weight is 294 g/mol. The number of carbonyl (C=O) groups is 2. The van der Waals surface area contributed by atoms with Crippen molar-refractivity contribution in [1.29, 1.82) is 0 Å². The van der Waals surface area contributed by atoms with Crippen molar-refractivity contribution in [3.8, 4) is 0 Å². The van der Waals surface area contributed by atoms with Gasteiger partial charge in [-0.1, -0.05) is 42.7 Å². The van der Waals surface area contributed by atoms with Crippen LogP contribution in [-0.2, 0) is 20.9 Å². The summed E-state index contributed by atoms with van der Waals surface area (Å²) in [5, 5.41) is 17.6. The van der Waals surface area contributed by atoms with Crippen molar-refractivity contribution in [3.63, 3.8) is 0 Å². The van der Waals surface area contributed by atoms with E-state index in [1.165, 1.54) is 0 Å². The summed E-state index contributed by atoms with van der Waals surface area (Å²) in [6.07, 6.45) is 1.61. The van der Waals surface area contributed by atoms with Gasteiger partial charge >= 0.3 is 11.9 Å². The molecule has 1 rings (SSSR count). The summed E-state index contributed by atoms with van der Waals surface area (Å²) in [6.45, 7) is 2.26. The fourth-order valence-electron chi connectivity index (χ4n) is 1.94. The minimum atomic E-state index is -0.972. The van der Waals surface area contributed by atoms with Gasteiger partial charge < -0.3 is 14.9 Å². The molecule has 0 aliphatic rings. The second kappa shape index (κ2) is 9.13. The van der Waals surface area contributed by atoms with Gasteiger partial charge in [0.25, 0.3) is 0 Å². The van der Waals surface area contributed by atoms with E-state index in [0.29, 0.717) is 25.7 Å². The maximum Gasteiger partial charge on any atom is 0.332 e. The minimum absolute atomic E-state index is 0.127. The van der Waals surface area contributed by atoms with Crippen LogP contribution in [0.15, 0.2) is 24.3 Å². The zero-order valence-electron chi connectivity index (χ0n) is 12.2. The van der Waals surface area contributed by atoms with E-state index < -0.39 is 18.0 Å². The number of carboxylic acid groups (broad SMARTS) is 2. The Bertz CT molecular complexity index is 452. The van der Waals surface area contributed by atoms with Gasteiger partial charge in [-0.05, 0) is 25.3 Å². The number of aliphatic carboxylic acids is 2. The van der Waals surface area contributed by atoms with Gasteiger partial charge in [-0.3, -0.25) is 4.79 Å².